The Morgan fingerprint density at radius 2 is 2.21 bits per heavy atom. The molecule has 2 aromatic rings. The molecule has 0 saturated heterocycles. The monoisotopic (exact) mass is 325 g/mol. The van der Waals surface area contributed by atoms with E-state index in [0.717, 1.165) is 0 Å². The Balaban J connectivity index is 2.66. The number of alkyl halides is 1. The summed E-state index contributed by atoms with van der Waals surface area (Å²) in [7, 11) is 0. The van der Waals surface area contributed by atoms with Gasteiger partial charge in [-0.1, -0.05) is 15.9 Å². The summed E-state index contributed by atoms with van der Waals surface area (Å²) >= 11 is 3.09. The molecule has 100 valence electrons. The number of imidazole rings is 1. The molecule has 6 nitrogen and oxygen atoms in total. The van der Waals surface area contributed by atoms with Gasteiger partial charge in [-0.05, 0) is 13.8 Å². The lowest BCUT2D eigenvalue weighted by atomic mass is 10.3. The third kappa shape index (κ3) is 2.51. The SMILES string of the molecule is CCOC(=O)c1nc(C(=O)CBr)c2cnc(C)cn12. The molecule has 0 saturated carbocycles. The molecule has 0 radical (unpaired) electrons. The number of ether oxygens (including phenoxy) is 1. The van der Waals surface area contributed by atoms with E-state index in [1.807, 2.05) is 0 Å². The largest absolute Gasteiger partial charge is 0.460 e. The number of hydrogen-bond acceptors (Lipinski definition) is 5. The molecule has 0 atom stereocenters. The average molecular weight is 326 g/mol. The first-order valence-corrected chi connectivity index (χ1v) is 6.81. The van der Waals surface area contributed by atoms with Crippen LogP contribution in [0.15, 0.2) is 12.4 Å². The summed E-state index contributed by atoms with van der Waals surface area (Å²) in [5.41, 5.74) is 1.43. The van der Waals surface area contributed by atoms with Gasteiger partial charge in [-0.3, -0.25) is 14.2 Å². The van der Waals surface area contributed by atoms with Gasteiger partial charge in [0.1, 0.15) is 5.69 Å². The van der Waals surface area contributed by atoms with Crippen LogP contribution in [-0.2, 0) is 4.74 Å². The predicted molar refractivity (Wildman–Crippen MR) is 71.8 cm³/mol. The number of halogens is 1. The lowest BCUT2D eigenvalue weighted by molar-refractivity contribution is 0.0511. The van der Waals surface area contributed by atoms with Crippen molar-refractivity contribution in [2.75, 3.05) is 11.9 Å². The summed E-state index contributed by atoms with van der Waals surface area (Å²) in [5.74, 6) is -0.679. The van der Waals surface area contributed by atoms with Gasteiger partial charge < -0.3 is 4.74 Å². The first-order chi connectivity index (χ1) is 9.08. The zero-order valence-corrected chi connectivity index (χ0v) is 12.1. The Hall–Kier alpha value is -1.76. The molecule has 2 heterocycles. The molecule has 0 aliphatic carbocycles. The van der Waals surface area contributed by atoms with Gasteiger partial charge in [0.15, 0.2) is 5.78 Å². The molecule has 0 amide bonds. The highest BCUT2D eigenvalue weighted by atomic mass is 79.9. The maximum atomic E-state index is 11.8. The van der Waals surface area contributed by atoms with Crippen molar-refractivity contribution >= 4 is 33.2 Å². The standard InChI is InChI=1S/C12H12BrN3O3/c1-3-19-12(18)11-15-10(9(17)4-13)8-5-14-7(2)6-16(8)11/h5-6H,3-4H2,1-2H3. The van der Waals surface area contributed by atoms with E-state index in [-0.39, 0.29) is 29.2 Å². The minimum absolute atomic E-state index is 0.0895. The third-order valence-electron chi connectivity index (χ3n) is 2.50. The molecule has 7 heteroatoms. The molecule has 0 aliphatic heterocycles. The highest BCUT2D eigenvalue weighted by Crippen LogP contribution is 2.15. The van der Waals surface area contributed by atoms with E-state index in [1.165, 1.54) is 10.6 Å². The Labute approximate surface area is 117 Å². The van der Waals surface area contributed by atoms with Crippen molar-refractivity contribution < 1.29 is 14.3 Å². The number of Topliss-reactive ketones (excluding diaryl/α,β-unsaturated/α-hetero) is 1. The second kappa shape index (κ2) is 5.48. The first kappa shape index (κ1) is 13.7. The highest BCUT2D eigenvalue weighted by molar-refractivity contribution is 9.09. The molecular formula is C12H12BrN3O3. The zero-order valence-electron chi connectivity index (χ0n) is 10.5. The topological polar surface area (TPSA) is 73.6 Å². The molecule has 0 aromatic carbocycles. The molecule has 2 aromatic heterocycles. The second-order valence-electron chi connectivity index (χ2n) is 3.85. The van der Waals surface area contributed by atoms with Crippen molar-refractivity contribution in [2.24, 2.45) is 0 Å². The molecule has 0 bridgehead atoms. The van der Waals surface area contributed by atoms with Crippen LogP contribution in [0.2, 0.25) is 0 Å². The summed E-state index contributed by atoms with van der Waals surface area (Å²) in [4.78, 5) is 31.9. The normalized spacial score (nSPS) is 10.7. The van der Waals surface area contributed by atoms with Crippen LogP contribution in [0.5, 0.6) is 0 Å². The fourth-order valence-corrected chi connectivity index (χ4v) is 1.96. The number of hydrogen-bond donors (Lipinski definition) is 0. The smallest absolute Gasteiger partial charge is 0.374 e. The van der Waals surface area contributed by atoms with Gasteiger partial charge in [-0.15, -0.1) is 0 Å². The van der Waals surface area contributed by atoms with Gasteiger partial charge in [0, 0.05) is 6.20 Å². The Morgan fingerprint density at radius 3 is 2.84 bits per heavy atom. The number of rotatable bonds is 4. The van der Waals surface area contributed by atoms with Crippen LogP contribution in [0.1, 0.15) is 33.7 Å². The Bertz CT molecular complexity index is 651. The quantitative estimate of drug-likeness (QED) is 0.486. The van der Waals surface area contributed by atoms with Gasteiger partial charge in [0.05, 0.1) is 29.3 Å². The Morgan fingerprint density at radius 1 is 1.47 bits per heavy atom. The Kier molecular flexibility index (Phi) is 3.94. The molecule has 0 fully saturated rings. The average Bonchev–Trinajstić information content (AvgIpc) is 2.76. The molecule has 0 N–H and O–H groups in total. The molecule has 0 aliphatic rings. The number of carbonyl (C=O) groups excluding carboxylic acids is 2. The maximum Gasteiger partial charge on any atom is 0.374 e. The zero-order chi connectivity index (χ0) is 14.0. The summed E-state index contributed by atoms with van der Waals surface area (Å²) in [6.45, 7) is 3.75. The minimum atomic E-state index is -0.559. The number of nitrogens with zero attached hydrogens (tertiary/aromatic N) is 3. The van der Waals surface area contributed by atoms with Crippen LogP contribution >= 0.6 is 15.9 Å². The number of ketones is 1. The van der Waals surface area contributed by atoms with E-state index in [9.17, 15) is 9.59 Å². The van der Waals surface area contributed by atoms with Gasteiger partial charge in [-0.2, -0.15) is 0 Å². The van der Waals surface area contributed by atoms with E-state index >= 15 is 0 Å². The lowest BCUT2D eigenvalue weighted by Gasteiger charge is -2.01. The third-order valence-corrected chi connectivity index (χ3v) is 3.01. The van der Waals surface area contributed by atoms with Crippen molar-refractivity contribution in [3.8, 4) is 0 Å². The molecule has 2 rings (SSSR count). The molecule has 0 unspecified atom stereocenters. The van der Waals surface area contributed by atoms with E-state index < -0.39 is 5.97 Å². The van der Waals surface area contributed by atoms with Crippen LogP contribution in [0.25, 0.3) is 5.52 Å². The van der Waals surface area contributed by atoms with Crippen molar-refractivity contribution in [1.82, 2.24) is 14.4 Å². The van der Waals surface area contributed by atoms with Crippen LogP contribution in [0, 0.1) is 6.92 Å². The van der Waals surface area contributed by atoms with Crippen LogP contribution in [0.3, 0.4) is 0 Å². The molecule has 19 heavy (non-hydrogen) atoms. The number of fused-ring (bicyclic) bond motifs is 1. The first-order valence-electron chi connectivity index (χ1n) is 5.69. The fourth-order valence-electron chi connectivity index (χ4n) is 1.69. The van der Waals surface area contributed by atoms with Gasteiger partial charge in [0.25, 0.3) is 0 Å². The van der Waals surface area contributed by atoms with E-state index in [0.29, 0.717) is 11.2 Å². The van der Waals surface area contributed by atoms with E-state index in [1.54, 1.807) is 20.0 Å². The van der Waals surface area contributed by atoms with Crippen LogP contribution < -0.4 is 0 Å². The van der Waals surface area contributed by atoms with Gasteiger partial charge in [-0.25, -0.2) is 9.78 Å². The van der Waals surface area contributed by atoms with Crippen molar-refractivity contribution in [1.29, 1.82) is 0 Å². The summed E-state index contributed by atoms with van der Waals surface area (Å²) in [6.07, 6.45) is 3.18. The van der Waals surface area contributed by atoms with Gasteiger partial charge >= 0.3 is 5.97 Å². The number of esters is 1. The maximum absolute atomic E-state index is 11.8. The van der Waals surface area contributed by atoms with Crippen molar-refractivity contribution in [3.63, 3.8) is 0 Å². The summed E-state index contributed by atoms with van der Waals surface area (Å²) in [6, 6.07) is 0. The van der Waals surface area contributed by atoms with Crippen LogP contribution in [0.4, 0.5) is 0 Å². The van der Waals surface area contributed by atoms with Crippen molar-refractivity contribution in [3.05, 3.63) is 29.6 Å². The molecule has 0 spiro atoms. The number of aryl methyl sites for hydroxylation is 1. The van der Waals surface area contributed by atoms with E-state index in [2.05, 4.69) is 25.9 Å². The number of aromatic nitrogens is 3. The van der Waals surface area contributed by atoms with E-state index in [4.69, 9.17) is 4.74 Å². The second-order valence-corrected chi connectivity index (χ2v) is 4.41. The summed E-state index contributed by atoms with van der Waals surface area (Å²) in [5, 5.41) is 0.135. The molecular weight excluding hydrogens is 314 g/mol. The fraction of sp³-hybridized carbons (Fsp3) is 0.333. The highest BCUT2D eigenvalue weighted by Gasteiger charge is 2.22. The minimum Gasteiger partial charge on any atom is -0.460 e. The number of carbonyl (C=O) groups is 2. The summed E-state index contributed by atoms with van der Waals surface area (Å²) < 4.78 is 6.47. The van der Waals surface area contributed by atoms with Crippen molar-refractivity contribution in [2.45, 2.75) is 13.8 Å². The van der Waals surface area contributed by atoms with Gasteiger partial charge in [0.2, 0.25) is 5.82 Å². The lowest BCUT2D eigenvalue weighted by Crippen LogP contribution is -2.10. The predicted octanol–water partition coefficient (Wildman–Crippen LogP) is 1.79. The van der Waals surface area contributed by atoms with Crippen LogP contribution in [-0.4, -0.2) is 38.1 Å².